The van der Waals surface area contributed by atoms with Crippen LogP contribution in [0.15, 0.2) is 23.2 Å². The van der Waals surface area contributed by atoms with Crippen molar-refractivity contribution in [1.82, 2.24) is 14.9 Å². The predicted octanol–water partition coefficient (Wildman–Crippen LogP) is 1.69. The topological polar surface area (TPSA) is 73.8 Å². The van der Waals surface area contributed by atoms with Crippen LogP contribution in [0.2, 0.25) is 10.0 Å². The third-order valence-corrected chi connectivity index (χ3v) is 6.09. The minimum absolute atomic E-state index is 0.245. The summed E-state index contributed by atoms with van der Waals surface area (Å²) in [6.07, 6.45) is 0.699. The summed E-state index contributed by atoms with van der Waals surface area (Å²) in [6, 6.07) is 5.31. The molecule has 2 rings (SSSR count). The first-order valence-corrected chi connectivity index (χ1v) is 9.65. The monoisotopic (exact) mass is 378 g/mol. The van der Waals surface area contributed by atoms with Crippen LogP contribution in [0.3, 0.4) is 0 Å². The summed E-state index contributed by atoms with van der Waals surface area (Å²) in [5, 5.41) is 7.41. The number of nitrogens with one attached hydrogen (secondary N) is 2. The van der Waals surface area contributed by atoms with Crippen LogP contribution >= 0.6 is 23.2 Å². The van der Waals surface area contributed by atoms with Gasteiger partial charge < -0.3 is 10.6 Å². The van der Waals surface area contributed by atoms with Crippen molar-refractivity contribution in [3.63, 3.8) is 0 Å². The maximum Gasteiger partial charge on any atom is 0.214 e. The van der Waals surface area contributed by atoms with Gasteiger partial charge >= 0.3 is 0 Å². The molecule has 6 nitrogen and oxygen atoms in total. The highest BCUT2D eigenvalue weighted by atomic mass is 35.5. The first-order chi connectivity index (χ1) is 10.9. The van der Waals surface area contributed by atoms with Crippen LogP contribution in [-0.2, 0) is 16.6 Å². The molecule has 23 heavy (non-hydrogen) atoms. The number of aliphatic imine (C=N–C) groups is 1. The number of sulfonamides is 1. The fourth-order valence-corrected chi connectivity index (χ4v) is 4.31. The quantitative estimate of drug-likeness (QED) is 0.603. The van der Waals surface area contributed by atoms with Crippen LogP contribution in [0.5, 0.6) is 0 Å². The molecule has 0 spiro atoms. The molecule has 0 unspecified atom stereocenters. The Morgan fingerprint density at radius 2 is 2.13 bits per heavy atom. The lowest BCUT2D eigenvalue weighted by Gasteiger charge is -2.16. The second kappa shape index (κ2) is 8.19. The maximum absolute atomic E-state index is 11.7. The van der Waals surface area contributed by atoms with Gasteiger partial charge in [0.2, 0.25) is 10.0 Å². The van der Waals surface area contributed by atoms with E-state index in [0.717, 1.165) is 5.56 Å². The standard InChI is InChI=1S/C14H20Cl2N4O2S/c1-17-14(18-5-7-20-6-2-8-23(20,21)22)19-10-11-3-4-12(15)9-13(11)16/h3-4,9H,2,5-8,10H2,1H3,(H2,17,18,19). The Hall–Kier alpha value is -1.02. The molecule has 1 saturated heterocycles. The molecule has 0 amide bonds. The molecule has 0 aromatic heterocycles. The SMILES string of the molecule is CN=C(NCCN1CCCS1(=O)=O)NCc1ccc(Cl)cc1Cl. The van der Waals surface area contributed by atoms with E-state index in [1.807, 2.05) is 6.07 Å². The molecular formula is C14H20Cl2N4O2S. The predicted molar refractivity (Wildman–Crippen MR) is 94.6 cm³/mol. The Kier molecular flexibility index (Phi) is 6.52. The van der Waals surface area contributed by atoms with Crippen LogP contribution in [0, 0.1) is 0 Å². The lowest BCUT2D eigenvalue weighted by Crippen LogP contribution is -2.41. The lowest BCUT2D eigenvalue weighted by molar-refractivity contribution is 0.445. The number of guanidine groups is 1. The van der Waals surface area contributed by atoms with Gasteiger partial charge in [-0.05, 0) is 24.1 Å². The Bertz CT molecular complexity index is 679. The van der Waals surface area contributed by atoms with Crippen LogP contribution in [0.4, 0.5) is 0 Å². The molecule has 0 radical (unpaired) electrons. The Balaban J connectivity index is 1.80. The van der Waals surface area contributed by atoms with Crippen LogP contribution in [-0.4, -0.2) is 51.1 Å². The van der Waals surface area contributed by atoms with E-state index < -0.39 is 10.0 Å². The number of nitrogens with zero attached hydrogens (tertiary/aromatic N) is 2. The van der Waals surface area contributed by atoms with Crippen molar-refractivity contribution in [2.24, 2.45) is 4.99 Å². The molecule has 0 bridgehead atoms. The van der Waals surface area contributed by atoms with E-state index in [1.165, 1.54) is 4.31 Å². The first kappa shape index (κ1) is 18.3. The Morgan fingerprint density at radius 3 is 2.74 bits per heavy atom. The molecule has 1 heterocycles. The van der Waals surface area contributed by atoms with Gasteiger partial charge in [0.15, 0.2) is 5.96 Å². The van der Waals surface area contributed by atoms with Crippen molar-refractivity contribution in [2.75, 3.05) is 32.4 Å². The fraction of sp³-hybridized carbons (Fsp3) is 0.500. The van der Waals surface area contributed by atoms with Gasteiger partial charge in [-0.15, -0.1) is 0 Å². The number of hydrogen-bond acceptors (Lipinski definition) is 3. The third-order valence-electron chi connectivity index (χ3n) is 3.54. The summed E-state index contributed by atoms with van der Waals surface area (Å²) in [6.45, 7) is 2.02. The van der Waals surface area contributed by atoms with Crippen LogP contribution < -0.4 is 10.6 Å². The van der Waals surface area contributed by atoms with Crippen LogP contribution in [0.25, 0.3) is 0 Å². The zero-order chi connectivity index (χ0) is 16.9. The van der Waals surface area contributed by atoms with Gasteiger partial charge in [0.1, 0.15) is 0 Å². The van der Waals surface area contributed by atoms with Gasteiger partial charge in [0.05, 0.1) is 5.75 Å². The van der Waals surface area contributed by atoms with E-state index in [1.54, 1.807) is 19.2 Å². The van der Waals surface area contributed by atoms with Crippen molar-refractivity contribution >= 4 is 39.2 Å². The normalized spacial score (nSPS) is 18.1. The van der Waals surface area contributed by atoms with E-state index in [4.69, 9.17) is 23.2 Å². The van der Waals surface area contributed by atoms with Crippen molar-refractivity contribution in [2.45, 2.75) is 13.0 Å². The zero-order valence-corrected chi connectivity index (χ0v) is 15.2. The molecule has 1 fully saturated rings. The number of benzene rings is 1. The van der Waals surface area contributed by atoms with Gasteiger partial charge in [-0.25, -0.2) is 12.7 Å². The Morgan fingerprint density at radius 1 is 1.35 bits per heavy atom. The summed E-state index contributed by atoms with van der Waals surface area (Å²) in [7, 11) is -1.40. The molecule has 0 saturated carbocycles. The summed E-state index contributed by atoms with van der Waals surface area (Å²) in [5.41, 5.74) is 0.904. The molecule has 2 N–H and O–H groups in total. The molecule has 9 heteroatoms. The van der Waals surface area contributed by atoms with Gasteiger partial charge in [-0.3, -0.25) is 4.99 Å². The van der Waals surface area contributed by atoms with E-state index >= 15 is 0 Å². The highest BCUT2D eigenvalue weighted by Crippen LogP contribution is 2.20. The fourth-order valence-electron chi connectivity index (χ4n) is 2.31. The van der Waals surface area contributed by atoms with Crippen molar-refractivity contribution in [3.05, 3.63) is 33.8 Å². The number of rotatable bonds is 5. The summed E-state index contributed by atoms with van der Waals surface area (Å²) < 4.78 is 24.9. The molecule has 1 aliphatic rings. The molecule has 0 aliphatic carbocycles. The Labute approximate surface area is 146 Å². The average Bonchev–Trinajstić information content (AvgIpc) is 2.83. The second-order valence-corrected chi connectivity index (χ2v) is 8.09. The molecule has 128 valence electrons. The molecular weight excluding hydrogens is 359 g/mol. The van der Waals surface area contributed by atoms with Gasteiger partial charge in [0.25, 0.3) is 0 Å². The number of hydrogen-bond donors (Lipinski definition) is 2. The molecule has 1 aromatic rings. The third kappa shape index (κ3) is 5.24. The van der Waals surface area contributed by atoms with E-state index in [-0.39, 0.29) is 5.75 Å². The second-order valence-electron chi connectivity index (χ2n) is 5.16. The minimum Gasteiger partial charge on any atom is -0.355 e. The van der Waals surface area contributed by atoms with Crippen molar-refractivity contribution in [1.29, 1.82) is 0 Å². The summed E-state index contributed by atoms with van der Waals surface area (Å²) in [5.74, 6) is 0.835. The van der Waals surface area contributed by atoms with Crippen molar-refractivity contribution < 1.29 is 8.42 Å². The largest absolute Gasteiger partial charge is 0.355 e. The minimum atomic E-state index is -3.05. The highest BCUT2D eigenvalue weighted by Gasteiger charge is 2.27. The zero-order valence-electron chi connectivity index (χ0n) is 12.8. The van der Waals surface area contributed by atoms with Crippen LogP contribution in [0.1, 0.15) is 12.0 Å². The van der Waals surface area contributed by atoms with E-state index in [2.05, 4.69) is 15.6 Å². The summed E-state index contributed by atoms with van der Waals surface area (Å²) in [4.78, 5) is 4.11. The highest BCUT2D eigenvalue weighted by molar-refractivity contribution is 7.89. The van der Waals surface area contributed by atoms with Crippen molar-refractivity contribution in [3.8, 4) is 0 Å². The van der Waals surface area contributed by atoms with E-state index in [9.17, 15) is 8.42 Å². The van der Waals surface area contributed by atoms with E-state index in [0.29, 0.717) is 48.6 Å². The average molecular weight is 379 g/mol. The smallest absolute Gasteiger partial charge is 0.214 e. The van der Waals surface area contributed by atoms with Gasteiger partial charge in [0, 0.05) is 43.3 Å². The molecule has 0 atom stereocenters. The molecule has 1 aliphatic heterocycles. The lowest BCUT2D eigenvalue weighted by atomic mass is 10.2. The first-order valence-electron chi connectivity index (χ1n) is 7.28. The summed E-state index contributed by atoms with van der Waals surface area (Å²) >= 11 is 12.0. The number of halogens is 2. The van der Waals surface area contributed by atoms with Gasteiger partial charge in [-0.1, -0.05) is 29.3 Å². The maximum atomic E-state index is 11.7. The van der Waals surface area contributed by atoms with Gasteiger partial charge in [-0.2, -0.15) is 0 Å². The molecule has 1 aromatic carbocycles.